The number of nitrogens with one attached hydrogen (secondary N) is 2. The molecule has 4 aromatic rings. The largest absolute Gasteiger partial charge is 0.434 e. The summed E-state index contributed by atoms with van der Waals surface area (Å²) in [6.07, 6.45) is -0.918. The van der Waals surface area contributed by atoms with Gasteiger partial charge in [-0.1, -0.05) is 12.1 Å². The number of piperidine rings is 1. The minimum atomic E-state index is -4.54. The average molecular weight is 662 g/mol. The van der Waals surface area contributed by atoms with Crippen LogP contribution in [0.25, 0.3) is 0 Å². The zero-order chi connectivity index (χ0) is 33.3. The predicted octanol–water partition coefficient (Wildman–Crippen LogP) is 3.76. The average Bonchev–Trinajstić information content (AvgIpc) is 3.76. The molecule has 2 aliphatic rings. The smallest absolute Gasteiger partial charge is 0.393 e. The molecule has 0 bridgehead atoms. The maximum absolute atomic E-state index is 15.0. The molecule has 0 radical (unpaired) electrons. The van der Waals surface area contributed by atoms with Gasteiger partial charge in [0, 0.05) is 69.2 Å². The normalized spacial score (nSPS) is 19.4. The summed E-state index contributed by atoms with van der Waals surface area (Å²) in [7, 11) is 0. The first-order chi connectivity index (χ1) is 22.4. The third-order valence-corrected chi connectivity index (χ3v) is 8.73. The van der Waals surface area contributed by atoms with Gasteiger partial charge in [0.15, 0.2) is 0 Å². The molecule has 0 aliphatic carbocycles. The van der Waals surface area contributed by atoms with Crippen molar-refractivity contribution in [3.05, 3.63) is 93.6 Å². The Morgan fingerprint density at radius 1 is 1.11 bits per heavy atom. The number of aromatic nitrogens is 4. The van der Waals surface area contributed by atoms with Crippen molar-refractivity contribution in [3.8, 4) is 0 Å². The number of halogens is 5. The molecule has 3 N–H and O–H groups in total. The summed E-state index contributed by atoms with van der Waals surface area (Å²) in [6, 6.07) is 6.73. The number of carbonyl (C=O) groups excluding carboxylic acids is 1. The SMILES string of the molecule is O=C(Nc1nccn1Cc1ccc(C(F)(F)F)cc1N1CCC(O)CC1)[C@@H]1CN(CCc2n[nH]c(=O)o2)C[C@H]1c1ccc(F)cc1F. The highest BCUT2D eigenvalue weighted by molar-refractivity contribution is 5.92. The summed E-state index contributed by atoms with van der Waals surface area (Å²) in [5, 5.41) is 18.7. The molecule has 2 aromatic heterocycles. The van der Waals surface area contributed by atoms with E-state index in [9.17, 15) is 36.6 Å². The molecule has 4 heterocycles. The minimum Gasteiger partial charge on any atom is -0.393 e. The maximum Gasteiger partial charge on any atom is 0.434 e. The van der Waals surface area contributed by atoms with Crippen molar-refractivity contribution in [2.75, 3.05) is 42.9 Å². The van der Waals surface area contributed by atoms with E-state index in [4.69, 9.17) is 4.42 Å². The van der Waals surface area contributed by atoms with Crippen molar-refractivity contribution in [2.24, 2.45) is 5.92 Å². The number of alkyl halides is 3. The number of imidazole rings is 1. The summed E-state index contributed by atoms with van der Waals surface area (Å²) in [6.45, 7) is 1.65. The van der Waals surface area contributed by atoms with Gasteiger partial charge in [-0.3, -0.25) is 10.1 Å². The molecule has 0 unspecified atom stereocenters. The highest BCUT2D eigenvalue weighted by atomic mass is 19.4. The Labute approximate surface area is 265 Å². The monoisotopic (exact) mass is 661 g/mol. The van der Waals surface area contributed by atoms with Crippen LogP contribution in [0.2, 0.25) is 0 Å². The number of aliphatic hydroxyl groups excluding tert-OH is 1. The van der Waals surface area contributed by atoms with Gasteiger partial charge in [0.25, 0.3) is 0 Å². The molecule has 16 heteroatoms. The van der Waals surface area contributed by atoms with Crippen LogP contribution >= 0.6 is 0 Å². The summed E-state index contributed by atoms with van der Waals surface area (Å²) < 4.78 is 76.2. The number of H-pyrrole nitrogens is 1. The lowest BCUT2D eigenvalue weighted by atomic mass is 9.88. The Balaban J connectivity index is 1.22. The van der Waals surface area contributed by atoms with Gasteiger partial charge in [0.2, 0.25) is 17.7 Å². The van der Waals surface area contributed by atoms with Crippen LogP contribution < -0.4 is 16.0 Å². The van der Waals surface area contributed by atoms with Gasteiger partial charge in [-0.15, -0.1) is 5.10 Å². The second kappa shape index (κ2) is 13.3. The first-order valence-corrected chi connectivity index (χ1v) is 15.1. The van der Waals surface area contributed by atoms with Gasteiger partial charge < -0.3 is 23.9 Å². The summed E-state index contributed by atoms with van der Waals surface area (Å²) >= 11 is 0. The lowest BCUT2D eigenvalue weighted by Gasteiger charge is -2.33. The van der Waals surface area contributed by atoms with Crippen LogP contribution in [0.1, 0.15) is 41.3 Å². The quantitative estimate of drug-likeness (QED) is 0.231. The second-order valence-corrected chi connectivity index (χ2v) is 11.8. The van der Waals surface area contributed by atoms with Crippen molar-refractivity contribution in [1.82, 2.24) is 24.6 Å². The Morgan fingerprint density at radius 2 is 1.89 bits per heavy atom. The van der Waals surface area contributed by atoms with Crippen LogP contribution in [0, 0.1) is 17.6 Å². The minimum absolute atomic E-state index is 0.0871. The summed E-state index contributed by atoms with van der Waals surface area (Å²) in [5.41, 5.74) is 0.320. The van der Waals surface area contributed by atoms with Crippen molar-refractivity contribution >= 4 is 17.5 Å². The van der Waals surface area contributed by atoms with E-state index in [-0.39, 0.29) is 43.5 Å². The number of hydrogen-bond donors (Lipinski definition) is 3. The molecular weight excluding hydrogens is 629 g/mol. The van der Waals surface area contributed by atoms with E-state index in [1.807, 2.05) is 9.80 Å². The second-order valence-electron chi connectivity index (χ2n) is 11.8. The predicted molar refractivity (Wildman–Crippen MR) is 159 cm³/mol. The Morgan fingerprint density at radius 3 is 2.60 bits per heavy atom. The van der Waals surface area contributed by atoms with E-state index in [1.165, 1.54) is 18.3 Å². The fourth-order valence-electron chi connectivity index (χ4n) is 6.29. The van der Waals surface area contributed by atoms with Gasteiger partial charge in [0.05, 0.1) is 24.1 Å². The number of amides is 1. The number of anilines is 2. The van der Waals surface area contributed by atoms with Crippen molar-refractivity contribution in [1.29, 1.82) is 0 Å². The highest BCUT2D eigenvalue weighted by Gasteiger charge is 2.40. The molecule has 11 nitrogen and oxygen atoms in total. The van der Waals surface area contributed by atoms with Gasteiger partial charge in [-0.05, 0) is 42.2 Å². The molecule has 2 atom stereocenters. The number of hydrogen-bond acceptors (Lipinski definition) is 8. The van der Waals surface area contributed by atoms with E-state index in [0.29, 0.717) is 43.7 Å². The number of rotatable bonds is 9. The van der Waals surface area contributed by atoms with Gasteiger partial charge >= 0.3 is 11.9 Å². The third-order valence-electron chi connectivity index (χ3n) is 8.73. The number of likely N-dealkylation sites (tertiary alicyclic amines) is 1. The maximum atomic E-state index is 15.0. The number of nitrogens with zero attached hydrogens (tertiary/aromatic N) is 5. The molecule has 2 saturated heterocycles. The molecule has 2 aliphatic heterocycles. The van der Waals surface area contributed by atoms with E-state index in [2.05, 4.69) is 20.5 Å². The molecule has 2 fully saturated rings. The van der Waals surface area contributed by atoms with Crippen LogP contribution in [-0.2, 0) is 23.9 Å². The van der Waals surface area contributed by atoms with Crippen molar-refractivity contribution in [2.45, 2.75) is 44.0 Å². The van der Waals surface area contributed by atoms with E-state index in [0.717, 1.165) is 24.3 Å². The van der Waals surface area contributed by atoms with Gasteiger partial charge in [-0.2, -0.15) is 13.2 Å². The molecular formula is C31H32F5N7O4. The fourth-order valence-corrected chi connectivity index (χ4v) is 6.29. The lowest BCUT2D eigenvalue weighted by Crippen LogP contribution is -2.36. The van der Waals surface area contributed by atoms with Crippen molar-refractivity contribution < 1.29 is 36.3 Å². The standard InChI is InChI=1S/C31H32F5N7O4/c32-20-3-4-22(25(33)14-20)23-16-41(9-7-27-39-40-30(46)47-27)17-24(23)28(45)38-29-37-8-12-43(29)15-18-1-2-19(31(34,35)36)13-26(18)42-10-5-21(44)6-11-42/h1-4,8,12-14,21,23-24,44H,5-7,9-11,15-17H2,(H,40,46)(H,37,38,45)/t23-,24+/m0/s1. The van der Waals surface area contributed by atoms with Gasteiger partial charge in [0.1, 0.15) is 11.6 Å². The third kappa shape index (κ3) is 7.38. The number of benzene rings is 2. The van der Waals surface area contributed by atoms with E-state index < -0.39 is 53.0 Å². The number of aliphatic hydroxyl groups is 1. The van der Waals surface area contributed by atoms with Crippen LogP contribution in [-0.4, -0.2) is 74.5 Å². The fraction of sp³-hybridized carbons (Fsp3) is 0.419. The first kappa shape index (κ1) is 32.4. The van der Waals surface area contributed by atoms with Crippen molar-refractivity contribution in [3.63, 3.8) is 0 Å². The van der Waals surface area contributed by atoms with Crippen LogP contribution in [0.4, 0.5) is 33.6 Å². The van der Waals surface area contributed by atoms with Crippen LogP contribution in [0.15, 0.2) is 58.0 Å². The first-order valence-electron chi connectivity index (χ1n) is 15.1. The van der Waals surface area contributed by atoms with Crippen LogP contribution in [0.3, 0.4) is 0 Å². The lowest BCUT2D eigenvalue weighted by molar-refractivity contribution is -0.137. The van der Waals surface area contributed by atoms with E-state index in [1.54, 1.807) is 10.8 Å². The molecule has 0 saturated carbocycles. The highest BCUT2D eigenvalue weighted by Crippen LogP contribution is 2.37. The molecule has 0 spiro atoms. The molecule has 6 rings (SSSR count). The Kier molecular flexibility index (Phi) is 9.14. The topological polar surface area (TPSA) is 133 Å². The molecule has 47 heavy (non-hydrogen) atoms. The van der Waals surface area contributed by atoms with Gasteiger partial charge in [-0.25, -0.2) is 23.7 Å². The van der Waals surface area contributed by atoms with Crippen LogP contribution in [0.5, 0.6) is 0 Å². The Hall–Kier alpha value is -4.57. The number of carbonyl (C=O) groups is 1. The summed E-state index contributed by atoms with van der Waals surface area (Å²) in [5.74, 6) is -3.82. The molecule has 250 valence electrons. The zero-order valence-corrected chi connectivity index (χ0v) is 25.0. The zero-order valence-electron chi connectivity index (χ0n) is 25.0. The Bertz CT molecular complexity index is 1780. The number of aromatic amines is 1. The molecule has 2 aromatic carbocycles. The molecule has 1 amide bonds. The summed E-state index contributed by atoms with van der Waals surface area (Å²) in [4.78, 5) is 33.1. The van der Waals surface area contributed by atoms with E-state index >= 15 is 0 Å².